The molecule has 0 aromatic heterocycles. The zero-order valence-corrected chi connectivity index (χ0v) is 33.1. The molecule has 0 fully saturated rings. The third-order valence-corrected chi connectivity index (χ3v) is 14.1. The first-order chi connectivity index (χ1) is 27.3. The van der Waals surface area contributed by atoms with Crippen molar-refractivity contribution in [2.24, 2.45) is 0 Å². The molecule has 1 nitrogen and oxygen atoms in total. The summed E-state index contributed by atoms with van der Waals surface area (Å²) in [5, 5.41) is 0. The highest BCUT2D eigenvalue weighted by molar-refractivity contribution is 6.00. The van der Waals surface area contributed by atoms with Gasteiger partial charge in [0, 0.05) is 16.9 Å². The van der Waals surface area contributed by atoms with Crippen LogP contribution < -0.4 is 4.90 Å². The lowest BCUT2D eigenvalue weighted by Crippen LogP contribution is -2.33. The van der Waals surface area contributed by atoms with Gasteiger partial charge in [0.25, 0.3) is 0 Å². The van der Waals surface area contributed by atoms with Crippen LogP contribution in [0.1, 0.15) is 97.9 Å². The number of nitrogens with zero attached hydrogens (tertiary/aromatic N) is 1. The van der Waals surface area contributed by atoms with Gasteiger partial charge < -0.3 is 4.90 Å². The van der Waals surface area contributed by atoms with Crippen LogP contribution in [0.2, 0.25) is 0 Å². The van der Waals surface area contributed by atoms with Crippen LogP contribution in [-0.2, 0) is 29.1 Å². The van der Waals surface area contributed by atoms with Crippen LogP contribution in [0, 0.1) is 0 Å². The SMILES string of the molecule is CC1(C)CCC(C)(C)c2cc(-c3cc4c(cc3N(c3ccccc3)c3ccc5c(c3)CCCC5)C3(c5ccccc5-c5ccccc53)c3ccccc3-4)ccc21. The molecule has 0 radical (unpaired) electrons. The number of hydrogen-bond donors (Lipinski definition) is 0. The van der Waals surface area contributed by atoms with Gasteiger partial charge in [-0.3, -0.25) is 0 Å². The van der Waals surface area contributed by atoms with Crippen molar-refractivity contribution in [2.75, 3.05) is 4.90 Å². The van der Waals surface area contributed by atoms with E-state index < -0.39 is 5.41 Å². The molecule has 274 valence electrons. The Balaban J connectivity index is 1.26. The minimum absolute atomic E-state index is 0.100. The number of fused-ring (bicyclic) bond motifs is 12. The molecule has 0 amide bonds. The van der Waals surface area contributed by atoms with E-state index in [1.165, 1.54) is 127 Å². The molecule has 4 aliphatic carbocycles. The molecule has 0 N–H and O–H groups in total. The number of benzene rings is 7. The van der Waals surface area contributed by atoms with E-state index >= 15 is 0 Å². The minimum atomic E-state index is -0.424. The first-order valence-corrected chi connectivity index (χ1v) is 20.9. The average Bonchev–Trinajstić information content (AvgIpc) is 3.69. The van der Waals surface area contributed by atoms with Crippen molar-refractivity contribution >= 4 is 17.1 Å². The number of hydrogen-bond acceptors (Lipinski definition) is 1. The molecule has 0 saturated carbocycles. The standard InChI is InChI=1S/C55H49N/c1-53(2)30-31-54(3,4)51-33-38(27-29-49(51)53)44-34-45-43-22-12-15-25-48(43)55(46-23-13-10-20-41(46)42-21-11-14-24-47(42)55)50(45)35-52(44)56(39-18-6-5-7-19-39)40-28-26-36-16-8-9-17-37(36)32-40/h5-7,10-15,18-29,32-35H,8-9,16-17,30-31H2,1-4H3. The van der Waals surface area contributed by atoms with Gasteiger partial charge in [0.15, 0.2) is 0 Å². The number of aryl methyl sites for hydroxylation is 2. The van der Waals surface area contributed by atoms with Crippen molar-refractivity contribution in [3.63, 3.8) is 0 Å². The average molecular weight is 724 g/mol. The fraction of sp³-hybridized carbons (Fsp3) is 0.236. The third-order valence-electron chi connectivity index (χ3n) is 14.1. The first-order valence-electron chi connectivity index (χ1n) is 20.9. The summed E-state index contributed by atoms with van der Waals surface area (Å²) in [4.78, 5) is 2.57. The molecular formula is C55H49N. The Morgan fingerprint density at radius 3 is 1.62 bits per heavy atom. The molecule has 7 aromatic rings. The minimum Gasteiger partial charge on any atom is -0.310 e. The van der Waals surface area contributed by atoms with Crippen molar-refractivity contribution in [1.82, 2.24) is 0 Å². The van der Waals surface area contributed by atoms with Gasteiger partial charge in [0.1, 0.15) is 0 Å². The number of anilines is 3. The van der Waals surface area contributed by atoms with Crippen LogP contribution in [-0.4, -0.2) is 0 Å². The second kappa shape index (κ2) is 12.2. The third kappa shape index (κ3) is 4.73. The molecular weight excluding hydrogens is 675 g/mol. The molecule has 1 heteroatoms. The van der Waals surface area contributed by atoms with Crippen molar-refractivity contribution in [2.45, 2.75) is 82.5 Å². The van der Waals surface area contributed by atoms with E-state index in [2.05, 4.69) is 184 Å². The second-order valence-electron chi connectivity index (χ2n) is 18.2. The molecule has 0 bridgehead atoms. The van der Waals surface area contributed by atoms with Crippen molar-refractivity contribution in [3.8, 4) is 33.4 Å². The number of rotatable bonds is 4. The van der Waals surface area contributed by atoms with E-state index in [9.17, 15) is 0 Å². The summed E-state index contributed by atoms with van der Waals surface area (Å²) in [7, 11) is 0. The Morgan fingerprint density at radius 2 is 0.964 bits per heavy atom. The summed E-state index contributed by atoms with van der Waals surface area (Å²) in [6.45, 7) is 9.77. The number of para-hydroxylation sites is 1. The molecule has 1 spiro atoms. The van der Waals surface area contributed by atoms with E-state index in [0.717, 1.165) is 6.42 Å². The maximum atomic E-state index is 2.60. The Kier molecular flexibility index (Phi) is 7.31. The van der Waals surface area contributed by atoms with E-state index in [0.29, 0.717) is 0 Å². The van der Waals surface area contributed by atoms with Gasteiger partial charge in [-0.15, -0.1) is 0 Å². The second-order valence-corrected chi connectivity index (χ2v) is 18.2. The maximum Gasteiger partial charge on any atom is 0.0726 e. The largest absolute Gasteiger partial charge is 0.310 e. The molecule has 7 aromatic carbocycles. The van der Waals surface area contributed by atoms with E-state index in [4.69, 9.17) is 0 Å². The fourth-order valence-electron chi connectivity index (χ4n) is 11.2. The van der Waals surface area contributed by atoms with Gasteiger partial charge in [-0.1, -0.05) is 143 Å². The lowest BCUT2D eigenvalue weighted by atomic mass is 9.63. The van der Waals surface area contributed by atoms with Gasteiger partial charge in [0.2, 0.25) is 0 Å². The summed E-state index contributed by atoms with van der Waals surface area (Å²) in [5.41, 5.74) is 22.9. The Hall–Kier alpha value is -5.66. The molecule has 0 heterocycles. The first kappa shape index (κ1) is 33.7. The van der Waals surface area contributed by atoms with Gasteiger partial charge in [-0.05, 0) is 158 Å². The zero-order chi connectivity index (χ0) is 37.8. The maximum absolute atomic E-state index is 2.60. The Bertz CT molecular complexity index is 2660. The van der Waals surface area contributed by atoms with Crippen molar-refractivity contribution < 1.29 is 0 Å². The van der Waals surface area contributed by atoms with Crippen LogP contribution in [0.5, 0.6) is 0 Å². The smallest absolute Gasteiger partial charge is 0.0726 e. The van der Waals surface area contributed by atoms with Gasteiger partial charge in [-0.25, -0.2) is 0 Å². The van der Waals surface area contributed by atoms with Crippen LogP contribution in [0.25, 0.3) is 33.4 Å². The molecule has 11 rings (SSSR count). The van der Waals surface area contributed by atoms with Crippen molar-refractivity contribution in [1.29, 1.82) is 0 Å². The zero-order valence-electron chi connectivity index (χ0n) is 33.1. The molecule has 0 unspecified atom stereocenters. The van der Waals surface area contributed by atoms with Crippen LogP contribution in [0.3, 0.4) is 0 Å². The fourth-order valence-corrected chi connectivity index (χ4v) is 11.2. The normalized spacial score (nSPS) is 17.3. The Morgan fingerprint density at radius 1 is 0.393 bits per heavy atom. The summed E-state index contributed by atoms with van der Waals surface area (Å²) in [5.74, 6) is 0. The van der Waals surface area contributed by atoms with Crippen molar-refractivity contribution in [3.05, 3.63) is 196 Å². The molecule has 0 atom stereocenters. The lowest BCUT2D eigenvalue weighted by molar-refractivity contribution is 0.332. The van der Waals surface area contributed by atoms with Gasteiger partial charge in [-0.2, -0.15) is 0 Å². The van der Waals surface area contributed by atoms with Crippen LogP contribution in [0.15, 0.2) is 152 Å². The molecule has 4 aliphatic rings. The Labute approximate surface area is 332 Å². The van der Waals surface area contributed by atoms with E-state index in [-0.39, 0.29) is 10.8 Å². The predicted molar refractivity (Wildman–Crippen MR) is 235 cm³/mol. The lowest BCUT2D eigenvalue weighted by Gasteiger charge is -2.42. The summed E-state index contributed by atoms with van der Waals surface area (Å²) in [6.07, 6.45) is 7.25. The van der Waals surface area contributed by atoms with Crippen LogP contribution in [0.4, 0.5) is 17.1 Å². The summed E-state index contributed by atoms with van der Waals surface area (Å²) < 4.78 is 0. The molecule has 56 heavy (non-hydrogen) atoms. The van der Waals surface area contributed by atoms with E-state index in [1.807, 2.05) is 0 Å². The monoisotopic (exact) mass is 723 g/mol. The molecule has 0 saturated heterocycles. The van der Waals surface area contributed by atoms with Gasteiger partial charge >= 0.3 is 0 Å². The highest BCUT2D eigenvalue weighted by Gasteiger charge is 2.52. The van der Waals surface area contributed by atoms with E-state index in [1.54, 1.807) is 0 Å². The quantitative estimate of drug-likeness (QED) is 0.175. The van der Waals surface area contributed by atoms with Gasteiger partial charge in [0.05, 0.1) is 11.1 Å². The highest BCUT2D eigenvalue weighted by atomic mass is 15.1. The summed E-state index contributed by atoms with van der Waals surface area (Å²) >= 11 is 0. The molecule has 0 aliphatic heterocycles. The predicted octanol–water partition coefficient (Wildman–Crippen LogP) is 14.4. The summed E-state index contributed by atoms with van der Waals surface area (Å²) in [6, 6.07) is 58.6. The highest BCUT2D eigenvalue weighted by Crippen LogP contribution is 2.64. The topological polar surface area (TPSA) is 3.24 Å². The van der Waals surface area contributed by atoms with Crippen LogP contribution >= 0.6 is 0 Å².